The molecule has 1 heterocycles. The van der Waals surface area contributed by atoms with E-state index in [2.05, 4.69) is 6.92 Å². The summed E-state index contributed by atoms with van der Waals surface area (Å²) < 4.78 is 12.6. The maximum absolute atomic E-state index is 13.2. The van der Waals surface area contributed by atoms with E-state index in [1.165, 1.54) is 0 Å². The first kappa shape index (κ1) is 20.6. The fourth-order valence-corrected chi connectivity index (χ4v) is 8.04. The fraction of sp³-hybridized carbons (Fsp3) is 0.750. The van der Waals surface area contributed by atoms with Crippen molar-refractivity contribution < 1.29 is 29.3 Å². The van der Waals surface area contributed by atoms with Crippen LogP contribution in [-0.2, 0) is 19.1 Å². The number of carbonyl (C=O) groups is 2. The van der Waals surface area contributed by atoms with Gasteiger partial charge in [0.15, 0.2) is 23.0 Å². The van der Waals surface area contributed by atoms with Crippen LogP contribution in [0.5, 0.6) is 0 Å². The molecule has 0 bridgehead atoms. The molecule has 6 heteroatoms. The van der Waals surface area contributed by atoms with E-state index in [1.54, 1.807) is 26.0 Å². The molecule has 0 radical (unpaired) electrons. The highest BCUT2D eigenvalue weighted by Gasteiger charge is 2.76. The van der Waals surface area contributed by atoms with Gasteiger partial charge in [-0.1, -0.05) is 25.5 Å². The maximum Gasteiger partial charge on any atom is 0.193 e. The van der Waals surface area contributed by atoms with Gasteiger partial charge in [-0.15, -0.1) is 0 Å². The standard InChI is InChI=1S/C24H32O6/c1-21(2)29-19-10-16-15-6-5-13-9-14(26)7-8-22(13,3)20(15)17(27)11-23(16,4)24(19,30-21)18(28)12-25/h7-9,15-17,19-20,25,27H,5-6,10-12H2,1-4H3/t15-,16-,17-,19+,20-,22-,23-,24+/m0/s1. The molecule has 0 unspecified atom stereocenters. The van der Waals surface area contributed by atoms with Crippen LogP contribution in [0.1, 0.15) is 53.4 Å². The maximum atomic E-state index is 13.2. The first-order valence-corrected chi connectivity index (χ1v) is 11.1. The van der Waals surface area contributed by atoms with Crippen molar-refractivity contribution >= 4 is 11.6 Å². The minimum absolute atomic E-state index is 0.0167. The van der Waals surface area contributed by atoms with Crippen molar-refractivity contribution in [1.29, 1.82) is 0 Å². The Morgan fingerprint density at radius 2 is 2.00 bits per heavy atom. The van der Waals surface area contributed by atoms with E-state index in [9.17, 15) is 19.8 Å². The van der Waals surface area contributed by atoms with Crippen molar-refractivity contribution in [3.8, 4) is 0 Å². The molecular formula is C24H32O6. The Morgan fingerprint density at radius 3 is 2.70 bits per heavy atom. The number of allylic oxidation sites excluding steroid dienone is 4. The van der Waals surface area contributed by atoms with Gasteiger partial charge in [-0.3, -0.25) is 9.59 Å². The lowest BCUT2D eigenvalue weighted by atomic mass is 9.46. The first-order valence-electron chi connectivity index (χ1n) is 11.1. The zero-order valence-corrected chi connectivity index (χ0v) is 18.2. The van der Waals surface area contributed by atoms with E-state index in [1.807, 2.05) is 13.0 Å². The van der Waals surface area contributed by atoms with Crippen molar-refractivity contribution in [2.24, 2.45) is 28.6 Å². The topological polar surface area (TPSA) is 93.1 Å². The van der Waals surface area contributed by atoms with Crippen LogP contribution in [0, 0.1) is 28.6 Å². The first-order chi connectivity index (χ1) is 14.0. The minimum atomic E-state index is -1.24. The zero-order chi connectivity index (χ0) is 21.7. The molecule has 0 amide bonds. The highest BCUT2D eigenvalue weighted by atomic mass is 16.8. The predicted octanol–water partition coefficient (Wildman–Crippen LogP) is 2.33. The second-order valence-corrected chi connectivity index (χ2v) is 10.9. The molecule has 2 N–H and O–H groups in total. The van der Waals surface area contributed by atoms with Crippen LogP contribution < -0.4 is 0 Å². The van der Waals surface area contributed by atoms with E-state index in [-0.39, 0.29) is 34.7 Å². The molecule has 5 aliphatic rings. The summed E-state index contributed by atoms with van der Waals surface area (Å²) in [4.78, 5) is 25.1. The van der Waals surface area contributed by atoms with E-state index < -0.39 is 35.6 Å². The van der Waals surface area contributed by atoms with Crippen molar-refractivity contribution in [1.82, 2.24) is 0 Å². The number of Topliss-reactive ketones (excluding diaryl/α,β-unsaturated/α-hetero) is 1. The lowest BCUT2D eigenvalue weighted by Gasteiger charge is -2.59. The number of ketones is 2. The van der Waals surface area contributed by atoms with Gasteiger partial charge in [0.25, 0.3) is 0 Å². The highest BCUT2D eigenvalue weighted by molar-refractivity contribution is 6.01. The summed E-state index contributed by atoms with van der Waals surface area (Å²) in [5, 5.41) is 21.3. The summed E-state index contributed by atoms with van der Waals surface area (Å²) in [5.74, 6) is -0.947. The van der Waals surface area contributed by atoms with Crippen LogP contribution in [0.25, 0.3) is 0 Å². The molecule has 3 saturated carbocycles. The Labute approximate surface area is 177 Å². The van der Waals surface area contributed by atoms with Gasteiger partial charge >= 0.3 is 0 Å². The minimum Gasteiger partial charge on any atom is -0.393 e. The Kier molecular flexibility index (Phi) is 4.20. The van der Waals surface area contributed by atoms with Gasteiger partial charge in [0.05, 0.1) is 12.2 Å². The van der Waals surface area contributed by atoms with Crippen molar-refractivity contribution in [3.05, 3.63) is 23.8 Å². The number of hydrogen-bond donors (Lipinski definition) is 2. The largest absolute Gasteiger partial charge is 0.393 e. The molecular weight excluding hydrogens is 384 g/mol. The Bertz CT molecular complexity index is 873. The second-order valence-electron chi connectivity index (χ2n) is 10.9. The SMILES string of the molecule is CC1(C)O[C@@H]2C[C@H]3[C@@H]4CCC5=CC(=O)C=C[C@]5(C)[C@@H]4[C@@H](O)C[C@]3(C)[C@]2(C(=O)CO)O1. The Balaban J connectivity index is 1.59. The molecule has 0 aromatic carbocycles. The monoisotopic (exact) mass is 416 g/mol. The Hall–Kier alpha value is -1.34. The number of aliphatic hydroxyl groups is 2. The van der Waals surface area contributed by atoms with Crippen LogP contribution >= 0.6 is 0 Å². The van der Waals surface area contributed by atoms with Crippen LogP contribution in [0.4, 0.5) is 0 Å². The van der Waals surface area contributed by atoms with Crippen molar-refractivity contribution in [2.75, 3.05) is 6.61 Å². The average Bonchev–Trinajstić information content (AvgIpc) is 3.07. The normalized spacial score (nSPS) is 50.9. The molecule has 1 aliphatic heterocycles. The van der Waals surface area contributed by atoms with Gasteiger partial charge in [-0.05, 0) is 63.5 Å². The molecule has 0 aromatic rings. The van der Waals surface area contributed by atoms with E-state index in [0.29, 0.717) is 12.8 Å². The molecule has 4 aliphatic carbocycles. The smallest absolute Gasteiger partial charge is 0.193 e. The predicted molar refractivity (Wildman–Crippen MR) is 108 cm³/mol. The third kappa shape index (κ3) is 2.34. The summed E-state index contributed by atoms with van der Waals surface area (Å²) in [6.45, 7) is 7.19. The summed E-state index contributed by atoms with van der Waals surface area (Å²) in [6, 6.07) is 0. The molecule has 0 spiro atoms. The number of hydrogen-bond acceptors (Lipinski definition) is 6. The third-order valence-electron chi connectivity index (χ3n) is 9.05. The van der Waals surface area contributed by atoms with Gasteiger partial charge in [-0.25, -0.2) is 0 Å². The molecule has 8 atom stereocenters. The summed E-state index contributed by atoms with van der Waals surface area (Å²) in [5.41, 5.74) is -1.12. The van der Waals surface area contributed by atoms with E-state index >= 15 is 0 Å². The van der Waals surface area contributed by atoms with Gasteiger partial charge in [0.2, 0.25) is 0 Å². The molecule has 1 saturated heterocycles. The van der Waals surface area contributed by atoms with E-state index in [0.717, 1.165) is 18.4 Å². The number of ether oxygens (including phenoxy) is 2. The lowest BCUT2D eigenvalue weighted by molar-refractivity contribution is -0.225. The van der Waals surface area contributed by atoms with Gasteiger partial charge in [0.1, 0.15) is 6.61 Å². The van der Waals surface area contributed by atoms with Crippen LogP contribution in [0.15, 0.2) is 23.8 Å². The van der Waals surface area contributed by atoms with Crippen molar-refractivity contribution in [2.45, 2.75) is 77.0 Å². The number of aliphatic hydroxyl groups excluding tert-OH is 2. The van der Waals surface area contributed by atoms with Gasteiger partial charge in [-0.2, -0.15) is 0 Å². The number of rotatable bonds is 2. The van der Waals surface area contributed by atoms with E-state index in [4.69, 9.17) is 9.47 Å². The summed E-state index contributed by atoms with van der Waals surface area (Å²) in [6.07, 6.45) is 7.04. The molecule has 0 aromatic heterocycles. The molecule has 4 fully saturated rings. The number of fused-ring (bicyclic) bond motifs is 7. The summed E-state index contributed by atoms with van der Waals surface area (Å²) >= 11 is 0. The van der Waals surface area contributed by atoms with Gasteiger partial charge < -0.3 is 19.7 Å². The fourth-order valence-electron chi connectivity index (χ4n) is 8.04. The molecule has 6 nitrogen and oxygen atoms in total. The molecule has 30 heavy (non-hydrogen) atoms. The Morgan fingerprint density at radius 1 is 1.27 bits per heavy atom. The van der Waals surface area contributed by atoms with Crippen molar-refractivity contribution in [3.63, 3.8) is 0 Å². The lowest BCUT2D eigenvalue weighted by Crippen LogP contribution is -2.63. The molecule has 164 valence electrons. The third-order valence-corrected chi connectivity index (χ3v) is 9.05. The van der Waals surface area contributed by atoms with Crippen LogP contribution in [-0.4, -0.2) is 52.0 Å². The quantitative estimate of drug-likeness (QED) is 0.718. The molecule has 5 rings (SSSR count). The zero-order valence-electron chi connectivity index (χ0n) is 18.2. The number of carbonyl (C=O) groups excluding carboxylic acids is 2. The summed E-state index contributed by atoms with van der Waals surface area (Å²) in [7, 11) is 0. The second kappa shape index (κ2) is 6.12. The average molecular weight is 417 g/mol. The highest BCUT2D eigenvalue weighted by Crippen LogP contribution is 2.70. The van der Waals surface area contributed by atoms with Crippen LogP contribution in [0.3, 0.4) is 0 Å². The van der Waals surface area contributed by atoms with Gasteiger partial charge in [0, 0.05) is 16.7 Å². The van der Waals surface area contributed by atoms with Crippen LogP contribution in [0.2, 0.25) is 0 Å².